The van der Waals surface area contributed by atoms with E-state index in [2.05, 4.69) is 45.7 Å². The van der Waals surface area contributed by atoms with Crippen LogP contribution in [0.2, 0.25) is 18.1 Å². The number of hydrogen-bond donors (Lipinski definition) is 2. The molecule has 1 aromatic rings. The van der Waals surface area contributed by atoms with Crippen LogP contribution < -0.4 is 0 Å². The summed E-state index contributed by atoms with van der Waals surface area (Å²) in [7, 11) is -2.10. The van der Waals surface area contributed by atoms with Gasteiger partial charge in [-0.15, -0.1) is 0 Å². The van der Waals surface area contributed by atoms with Crippen molar-refractivity contribution in [2.45, 2.75) is 84.4 Å². The van der Waals surface area contributed by atoms with Crippen molar-refractivity contribution in [3.05, 3.63) is 35.9 Å². The molecule has 0 amide bonds. The van der Waals surface area contributed by atoms with Crippen LogP contribution in [0, 0.1) is 17.3 Å². The van der Waals surface area contributed by atoms with Crippen molar-refractivity contribution in [1.29, 1.82) is 0 Å². The normalized spacial score (nSPS) is 14.9. The zero-order valence-electron chi connectivity index (χ0n) is 21.7. The lowest BCUT2D eigenvalue weighted by Gasteiger charge is -2.36. The standard InChI is InChI=1S/C26H40O7Si/c1-25(2,3)24(30)31-17-16-20(33-23(29)19-12-10-9-11-13-19)14-15-21(27)22(28)18-32-34(7,8)26(4,5)6/h9-13,20-22,27-28H,16-18H2,1-8H3/t20-,21+,22+/m0/s1. The lowest BCUT2D eigenvalue weighted by Crippen LogP contribution is -2.44. The molecule has 34 heavy (non-hydrogen) atoms. The van der Waals surface area contributed by atoms with Crippen LogP contribution in [0.5, 0.6) is 0 Å². The first-order valence-corrected chi connectivity index (χ1v) is 14.4. The van der Waals surface area contributed by atoms with Crippen LogP contribution in [-0.4, -0.2) is 62.0 Å². The van der Waals surface area contributed by atoms with Crippen LogP contribution >= 0.6 is 0 Å². The van der Waals surface area contributed by atoms with Gasteiger partial charge in [-0.25, -0.2) is 4.79 Å². The van der Waals surface area contributed by atoms with Crippen molar-refractivity contribution >= 4 is 20.3 Å². The number of rotatable bonds is 9. The molecule has 2 N–H and O–H groups in total. The number of ether oxygens (including phenoxy) is 2. The molecule has 0 unspecified atom stereocenters. The average Bonchev–Trinajstić information content (AvgIpc) is 2.74. The minimum absolute atomic E-state index is 0.00927. The van der Waals surface area contributed by atoms with Gasteiger partial charge in [-0.2, -0.15) is 0 Å². The molecule has 0 heterocycles. The largest absolute Gasteiger partial charge is 0.465 e. The highest BCUT2D eigenvalue weighted by molar-refractivity contribution is 6.74. The van der Waals surface area contributed by atoms with Crippen molar-refractivity contribution < 1.29 is 33.7 Å². The maximum absolute atomic E-state index is 12.5. The molecule has 0 spiro atoms. The van der Waals surface area contributed by atoms with E-state index < -0.39 is 38.0 Å². The SMILES string of the molecule is CC(C)(C)C(=O)OCC[C@H](C#C[C@@H](O)[C@H](O)CO[Si](C)(C)C(C)(C)C)OC(=O)c1ccccc1. The van der Waals surface area contributed by atoms with Gasteiger partial charge in [0.1, 0.15) is 12.2 Å². The van der Waals surface area contributed by atoms with E-state index in [0.29, 0.717) is 5.56 Å². The number of carbonyl (C=O) groups is 2. The van der Waals surface area contributed by atoms with Crippen molar-refractivity contribution in [3.8, 4) is 11.8 Å². The van der Waals surface area contributed by atoms with E-state index >= 15 is 0 Å². The van der Waals surface area contributed by atoms with E-state index in [1.54, 1.807) is 51.1 Å². The monoisotopic (exact) mass is 492 g/mol. The number of aliphatic hydroxyl groups is 2. The van der Waals surface area contributed by atoms with Gasteiger partial charge in [0.2, 0.25) is 0 Å². The van der Waals surface area contributed by atoms with Gasteiger partial charge in [-0.05, 0) is 51.0 Å². The first kappa shape index (κ1) is 29.8. The molecule has 1 rings (SSSR count). The molecule has 0 aliphatic rings. The number of carbonyl (C=O) groups excluding carboxylic acids is 2. The second kappa shape index (κ2) is 12.5. The van der Waals surface area contributed by atoms with Crippen LogP contribution in [0.15, 0.2) is 30.3 Å². The Morgan fingerprint density at radius 3 is 2.12 bits per heavy atom. The highest BCUT2D eigenvalue weighted by Crippen LogP contribution is 2.36. The fraction of sp³-hybridized carbons (Fsp3) is 0.615. The summed E-state index contributed by atoms with van der Waals surface area (Å²) in [5.74, 6) is 4.29. The Morgan fingerprint density at radius 2 is 1.59 bits per heavy atom. The molecule has 0 radical (unpaired) electrons. The minimum Gasteiger partial charge on any atom is -0.465 e. The highest BCUT2D eigenvalue weighted by Gasteiger charge is 2.38. The zero-order chi connectivity index (χ0) is 26.2. The smallest absolute Gasteiger partial charge is 0.339 e. The predicted molar refractivity (Wildman–Crippen MR) is 134 cm³/mol. The number of hydrogen-bond acceptors (Lipinski definition) is 7. The molecule has 0 aromatic heterocycles. The molecule has 1 aromatic carbocycles. The summed E-state index contributed by atoms with van der Waals surface area (Å²) in [6.07, 6.45) is -3.43. The molecule has 7 nitrogen and oxygen atoms in total. The lowest BCUT2D eigenvalue weighted by atomic mass is 9.97. The Labute approximate surface area is 204 Å². The van der Waals surface area contributed by atoms with Crippen LogP contribution in [0.1, 0.15) is 58.3 Å². The number of esters is 2. The van der Waals surface area contributed by atoms with Crippen molar-refractivity contribution in [2.75, 3.05) is 13.2 Å². The van der Waals surface area contributed by atoms with E-state index in [9.17, 15) is 19.8 Å². The van der Waals surface area contributed by atoms with Crippen LogP contribution in [0.3, 0.4) is 0 Å². The summed E-state index contributed by atoms with van der Waals surface area (Å²) in [6.45, 7) is 15.5. The van der Waals surface area contributed by atoms with E-state index in [4.69, 9.17) is 13.9 Å². The van der Waals surface area contributed by atoms with Gasteiger partial charge in [0.25, 0.3) is 0 Å². The van der Waals surface area contributed by atoms with Gasteiger partial charge >= 0.3 is 11.9 Å². The topological polar surface area (TPSA) is 102 Å². The second-order valence-electron chi connectivity index (χ2n) is 10.8. The summed E-state index contributed by atoms with van der Waals surface area (Å²) in [5, 5.41) is 20.6. The quantitative estimate of drug-likeness (QED) is 0.306. The van der Waals surface area contributed by atoms with E-state index in [0.717, 1.165) is 0 Å². The molecule has 8 heteroatoms. The van der Waals surface area contributed by atoms with E-state index in [1.165, 1.54) is 0 Å². The molecule has 0 bridgehead atoms. The third kappa shape index (κ3) is 9.98. The molecular weight excluding hydrogens is 452 g/mol. The first-order valence-electron chi connectivity index (χ1n) is 11.5. The van der Waals surface area contributed by atoms with Gasteiger partial charge < -0.3 is 24.1 Å². The maximum Gasteiger partial charge on any atom is 0.339 e. The number of benzene rings is 1. The summed E-state index contributed by atoms with van der Waals surface area (Å²) < 4.78 is 16.7. The second-order valence-corrected chi connectivity index (χ2v) is 15.6. The van der Waals surface area contributed by atoms with Gasteiger partial charge in [-0.1, -0.05) is 50.8 Å². The Kier molecular flexibility index (Phi) is 11.0. The summed E-state index contributed by atoms with van der Waals surface area (Å²) >= 11 is 0. The zero-order valence-corrected chi connectivity index (χ0v) is 22.7. The minimum atomic E-state index is -2.10. The molecule has 0 fully saturated rings. The highest BCUT2D eigenvalue weighted by atomic mass is 28.4. The van der Waals surface area contributed by atoms with Gasteiger partial charge in [-0.3, -0.25) is 4.79 Å². The molecule has 3 atom stereocenters. The molecule has 190 valence electrons. The maximum atomic E-state index is 12.5. The third-order valence-corrected chi connectivity index (χ3v) is 10.2. The summed E-state index contributed by atoms with van der Waals surface area (Å²) in [6, 6.07) is 8.44. The average molecular weight is 493 g/mol. The Balaban J connectivity index is 2.85. The molecule has 0 saturated carbocycles. The molecule has 0 aliphatic heterocycles. The van der Waals surface area contributed by atoms with Gasteiger partial charge in [0.05, 0.1) is 24.2 Å². The third-order valence-electron chi connectivity index (χ3n) is 5.66. The fourth-order valence-corrected chi connectivity index (χ4v) is 3.30. The first-order chi connectivity index (χ1) is 15.5. The van der Waals surface area contributed by atoms with E-state index in [-0.39, 0.29) is 30.6 Å². The molecule has 0 saturated heterocycles. The molecular formula is C26H40O7Si. The van der Waals surface area contributed by atoms with Crippen molar-refractivity contribution in [3.63, 3.8) is 0 Å². The van der Waals surface area contributed by atoms with Gasteiger partial charge in [0, 0.05) is 6.42 Å². The molecule has 0 aliphatic carbocycles. The van der Waals surface area contributed by atoms with Crippen LogP contribution in [0.25, 0.3) is 0 Å². The van der Waals surface area contributed by atoms with Gasteiger partial charge in [0.15, 0.2) is 14.4 Å². The summed E-state index contributed by atoms with van der Waals surface area (Å²) in [5.41, 5.74) is -0.309. The lowest BCUT2D eigenvalue weighted by molar-refractivity contribution is -0.153. The Morgan fingerprint density at radius 1 is 1.00 bits per heavy atom. The Hall–Kier alpha value is -2.18. The van der Waals surface area contributed by atoms with Crippen molar-refractivity contribution in [1.82, 2.24) is 0 Å². The Bertz CT molecular complexity index is 857. The van der Waals surface area contributed by atoms with Crippen LogP contribution in [-0.2, 0) is 18.7 Å². The predicted octanol–water partition coefficient (Wildman–Crippen LogP) is 3.94. The van der Waals surface area contributed by atoms with Crippen molar-refractivity contribution in [2.24, 2.45) is 5.41 Å². The van der Waals surface area contributed by atoms with Crippen LogP contribution in [0.4, 0.5) is 0 Å². The van der Waals surface area contributed by atoms with E-state index in [1.807, 2.05) is 0 Å². The number of aliphatic hydroxyl groups excluding tert-OH is 2. The fourth-order valence-electron chi connectivity index (χ4n) is 2.28. The summed E-state index contributed by atoms with van der Waals surface area (Å²) in [4.78, 5) is 24.5.